The van der Waals surface area contributed by atoms with Crippen molar-refractivity contribution in [1.82, 2.24) is 64.6 Å². The Morgan fingerprint density at radius 2 is 0.904 bits per heavy atom. The van der Waals surface area contributed by atoms with Crippen molar-refractivity contribution in [3.8, 4) is 62.3 Å². The summed E-state index contributed by atoms with van der Waals surface area (Å²) in [5.74, 6) is -1.10. The van der Waals surface area contributed by atoms with Crippen LogP contribution in [0.4, 0.5) is 24.5 Å². The number of pyridine rings is 8. The molecule has 0 spiro atoms. The van der Waals surface area contributed by atoms with Gasteiger partial charge in [0.1, 0.15) is 51.6 Å². The lowest BCUT2D eigenvalue weighted by Gasteiger charge is -2.29. The largest absolute Gasteiger partial charge is 0.508 e. The highest BCUT2D eigenvalue weighted by atomic mass is 19.1. The van der Waals surface area contributed by atoms with Crippen molar-refractivity contribution >= 4 is 120 Å². The number of ether oxygens (including phenoxy) is 1. The smallest absolute Gasteiger partial charge is 0.261 e. The summed E-state index contributed by atoms with van der Waals surface area (Å²) in [7, 11) is 0. The number of aromatic nitrogens is 13. The van der Waals surface area contributed by atoms with Crippen LogP contribution in [0.1, 0.15) is 74.8 Å². The number of aryl methyl sites for hydroxylation is 5. The van der Waals surface area contributed by atoms with Crippen LogP contribution >= 0.6 is 0 Å². The third-order valence-corrected chi connectivity index (χ3v) is 21.8. The van der Waals surface area contributed by atoms with Crippen molar-refractivity contribution in [2.75, 3.05) is 42.6 Å². The van der Waals surface area contributed by atoms with Crippen molar-refractivity contribution in [3.63, 3.8) is 0 Å². The average Bonchev–Trinajstić information content (AvgIpc) is 1.53. The molecule has 6 aromatic carbocycles. The van der Waals surface area contributed by atoms with Gasteiger partial charge in [0, 0.05) is 164 Å². The van der Waals surface area contributed by atoms with Crippen LogP contribution < -0.4 is 36.8 Å². The minimum Gasteiger partial charge on any atom is -0.508 e. The Morgan fingerprint density at radius 1 is 0.430 bits per heavy atom. The Morgan fingerprint density at radius 3 is 1.45 bits per heavy atom. The first kappa shape index (κ1) is 73.0. The van der Waals surface area contributed by atoms with E-state index in [1.54, 1.807) is 79.3 Å². The first-order chi connectivity index (χ1) is 55.3. The zero-order chi connectivity index (χ0) is 78.9. The van der Waals surface area contributed by atoms with Crippen molar-refractivity contribution < 1.29 is 28.1 Å². The highest BCUT2D eigenvalue weighted by Crippen LogP contribution is 2.42. The highest BCUT2D eigenvalue weighted by molar-refractivity contribution is 6.24. The number of halogens is 3. The van der Waals surface area contributed by atoms with E-state index < -0.39 is 17.5 Å². The molecule has 0 amide bonds. The summed E-state index contributed by atoms with van der Waals surface area (Å²) >= 11 is 0. The first-order valence-corrected chi connectivity index (χ1v) is 38.1. The predicted molar refractivity (Wildman–Crippen MR) is 446 cm³/mol. The van der Waals surface area contributed by atoms with Gasteiger partial charge in [-0.1, -0.05) is 12.1 Å². The van der Waals surface area contributed by atoms with Gasteiger partial charge in [0.25, 0.3) is 22.2 Å². The maximum Gasteiger partial charge on any atom is 0.261 e. The second kappa shape index (κ2) is 29.8. The zero-order valence-corrected chi connectivity index (χ0v) is 63.2. The first-order valence-electron chi connectivity index (χ1n) is 38.1. The molecule has 20 rings (SSSR count). The molecule has 0 saturated carbocycles. The molecule has 2 aliphatic heterocycles. The Balaban J connectivity index is 0.000000112. The van der Waals surface area contributed by atoms with Crippen LogP contribution in [0.5, 0.6) is 17.2 Å². The van der Waals surface area contributed by atoms with E-state index >= 15 is 0 Å². The molecule has 22 nitrogen and oxygen atoms in total. The number of piperidine rings is 2. The van der Waals surface area contributed by atoms with E-state index in [4.69, 9.17) is 14.7 Å². The molecule has 114 heavy (non-hydrogen) atoms. The molecular weight excluding hydrogens is 1450 g/mol. The van der Waals surface area contributed by atoms with Gasteiger partial charge >= 0.3 is 0 Å². The number of aromatic amines is 7. The molecule has 9 N–H and O–H groups in total. The summed E-state index contributed by atoms with van der Waals surface area (Å²) in [6, 6.07) is 37.5. The summed E-state index contributed by atoms with van der Waals surface area (Å²) in [4.78, 5) is 93.6. The van der Waals surface area contributed by atoms with E-state index in [2.05, 4.69) is 96.3 Å². The summed E-state index contributed by atoms with van der Waals surface area (Å²) in [6.07, 6.45) is 16.1. The molecule has 12 aromatic heterocycles. The molecule has 0 atom stereocenters. The van der Waals surface area contributed by atoms with Gasteiger partial charge in [-0.2, -0.15) is 5.10 Å². The molecule has 2 fully saturated rings. The quantitative estimate of drug-likeness (QED) is 0.0607. The van der Waals surface area contributed by atoms with E-state index in [-0.39, 0.29) is 45.0 Å². The zero-order valence-electron chi connectivity index (χ0n) is 63.2. The Labute approximate surface area is 647 Å². The fourth-order valence-corrected chi connectivity index (χ4v) is 16.5. The molecule has 18 aromatic rings. The molecule has 0 unspecified atom stereocenters. The third-order valence-electron chi connectivity index (χ3n) is 21.8. The number of aromatic hydroxyl groups is 2. The normalized spacial score (nSPS) is 13.2. The third kappa shape index (κ3) is 13.2. The second-order valence-corrected chi connectivity index (χ2v) is 29.1. The monoisotopic (exact) mass is 1530 g/mol. The average molecular weight is 1530 g/mol. The fourth-order valence-electron chi connectivity index (χ4n) is 16.5. The van der Waals surface area contributed by atoms with Gasteiger partial charge in [0.2, 0.25) is 0 Å². The number of H-pyrrole nitrogens is 7. The molecule has 2 aliphatic rings. The molecule has 0 radical (unpaired) electrons. The fraction of sp³-hybridized carbons (Fsp3) is 0.202. The molecule has 25 heteroatoms. The summed E-state index contributed by atoms with van der Waals surface area (Å²) in [5.41, 5.74) is 13.8. The van der Waals surface area contributed by atoms with E-state index in [1.807, 2.05) is 64.6 Å². The Bertz CT molecular complexity index is 7110. The van der Waals surface area contributed by atoms with E-state index in [1.165, 1.54) is 62.8 Å². The predicted octanol–water partition coefficient (Wildman–Crippen LogP) is 17.9. The van der Waals surface area contributed by atoms with Crippen molar-refractivity contribution in [2.45, 2.75) is 86.6 Å². The molecule has 0 bridgehead atoms. The number of fused-ring (bicyclic) bond motifs is 16. The molecule has 0 aliphatic carbocycles. The van der Waals surface area contributed by atoms with Crippen molar-refractivity contribution in [2.24, 2.45) is 0 Å². The highest BCUT2D eigenvalue weighted by Gasteiger charge is 2.26. The number of hydrogen-bond donors (Lipinski definition) is 9. The number of phenolic OH excluding ortho intramolecular Hbond substituents is 2. The van der Waals surface area contributed by atoms with Crippen molar-refractivity contribution in [3.05, 3.63) is 246 Å². The molecule has 14 heterocycles. The van der Waals surface area contributed by atoms with Gasteiger partial charge in [-0.15, -0.1) is 0 Å². The second-order valence-electron chi connectivity index (χ2n) is 29.1. The number of anilines is 2. The van der Waals surface area contributed by atoms with Crippen molar-refractivity contribution in [1.29, 1.82) is 0 Å². The van der Waals surface area contributed by atoms with Gasteiger partial charge in [-0.05, 0) is 206 Å². The van der Waals surface area contributed by atoms with Gasteiger partial charge in [-0.25, -0.2) is 33.1 Å². The maximum atomic E-state index is 14.7. The standard InChI is InChI=1S/C30H31FN4O2.C25H23N5O2.C17H11F2N3O.C17H13N3O2/c1-4-35-24-16-21(34-11-7-6-8-12-34)9-10-23(24)26-25-18(3)17-32-29(25)33-28(27(26)30(35)36)19-13-20(31)15-22(14-19)37-5-2;1-14-20-21-18-10-7-16(30-11-3-2-4-12-30)13-19(18)26-25(32)22(21)23(27-24(20)29-28-14)15-5-8-17(31)9-6-15;1-8-7-21-16-13(8)12-2-3-20-17(23)14(12)15(22-16)9-4-10(18)6-11(19)5-9;1-9-8-19-16-13(9)12-6-7-18-17(22)14(12)15(20-16)10-2-4-11(21)5-3-10/h9-10,13-17H,4-8,11-12H2,1-3H3,(H,32,33);5-10,13,31H,2-4,11-12H2,1H3,(H,26,32)(H,27,28,29);2-7H,1H3,(H,20,23)(H,21,22);2-8,21H,1H3,(H,18,22)(H,19,20). The molecule has 572 valence electrons. The van der Waals surface area contributed by atoms with Crippen LogP contribution in [0, 0.1) is 45.1 Å². The number of rotatable bonds is 9. The molecule has 2 saturated heterocycles. The van der Waals surface area contributed by atoms with Crippen LogP contribution in [-0.2, 0) is 6.54 Å². The van der Waals surface area contributed by atoms with E-state index in [0.29, 0.717) is 85.4 Å². The number of hydrogen-bond acceptors (Lipinski definition) is 14. The number of benzene rings is 6. The SMILES string of the molecule is CCOc1cc(F)cc(-c2nc3[nH]cc(C)c3c3c2c(=O)n(CC)c2cc(N4CCCCC4)ccc32)c1.Cc1[nH]nc2nc(-c3ccc(O)cc3)c3c(=O)[nH]c4cc(N5CCCCC5)ccc4c3c12.Cc1c[nH]c2nc(-c3cc(F)cc(F)c3)c3c(=O)[nH]ccc3c12.Cc1c[nH]c2nc(-c3ccc(O)cc3)c3c(=O)[nH]ccc3c12. The minimum absolute atomic E-state index is 0.118. The van der Waals surface area contributed by atoms with Gasteiger partial charge in [-0.3, -0.25) is 24.3 Å². The summed E-state index contributed by atoms with van der Waals surface area (Å²) in [6.45, 7) is 16.8. The lowest BCUT2D eigenvalue weighted by Crippen LogP contribution is -2.29. The van der Waals surface area contributed by atoms with Gasteiger partial charge in [0.15, 0.2) is 5.65 Å². The summed E-state index contributed by atoms with van der Waals surface area (Å²) < 4.78 is 49.2. The van der Waals surface area contributed by atoms with Crippen LogP contribution in [0.2, 0.25) is 0 Å². The lowest BCUT2D eigenvalue weighted by molar-refractivity contribution is 0.338. The Hall–Kier alpha value is -13.8. The number of nitrogens with one attached hydrogen (secondary N) is 7. The molecular formula is C89H78F3N15O7. The minimum atomic E-state index is -0.718. The lowest BCUT2D eigenvalue weighted by atomic mass is 9.97. The van der Waals surface area contributed by atoms with E-state index in [0.717, 1.165) is 142 Å². The van der Waals surface area contributed by atoms with Crippen LogP contribution in [0.25, 0.3) is 154 Å². The van der Waals surface area contributed by atoms with Crippen LogP contribution in [-0.4, -0.2) is 108 Å². The Kier molecular flexibility index (Phi) is 19.1. The van der Waals surface area contributed by atoms with Gasteiger partial charge in [0.05, 0.1) is 67.3 Å². The topological polar surface area (TPSA) is 304 Å². The number of nitrogens with zero attached hydrogens (tertiary/aromatic N) is 8. The van der Waals surface area contributed by atoms with Gasteiger partial charge < -0.3 is 59.2 Å². The van der Waals surface area contributed by atoms with Crippen LogP contribution in [0.15, 0.2) is 184 Å². The van der Waals surface area contributed by atoms with E-state index in [9.17, 15) is 42.6 Å². The number of phenols is 2. The maximum absolute atomic E-state index is 14.7. The van der Waals surface area contributed by atoms with Crippen LogP contribution in [0.3, 0.4) is 0 Å². The summed E-state index contributed by atoms with van der Waals surface area (Å²) in [5, 5.41) is 37.3.